The minimum atomic E-state index is -0.618. The van der Waals surface area contributed by atoms with Crippen LogP contribution in [0.5, 0.6) is 11.5 Å². The Morgan fingerprint density at radius 2 is 2.21 bits per heavy atom. The molecule has 0 saturated heterocycles. The number of hydrogen-bond acceptors (Lipinski definition) is 6. The van der Waals surface area contributed by atoms with Crippen LogP contribution in [0.15, 0.2) is 24.3 Å². The number of carbonyl (C=O) groups is 2. The van der Waals surface area contributed by atoms with Crippen molar-refractivity contribution >= 4 is 17.8 Å². The van der Waals surface area contributed by atoms with E-state index in [2.05, 4.69) is 0 Å². The van der Waals surface area contributed by atoms with Gasteiger partial charge >= 0.3 is 5.97 Å². The van der Waals surface area contributed by atoms with Crippen molar-refractivity contribution in [1.82, 2.24) is 0 Å². The van der Waals surface area contributed by atoms with Crippen LogP contribution in [0.4, 0.5) is 0 Å². The van der Waals surface area contributed by atoms with Crippen molar-refractivity contribution in [2.75, 3.05) is 13.7 Å². The SMILES string of the molecule is COc1cc(/C=C/C(=O)O[C@H]2CCCCC2=O)ccc1OCC#N. The van der Waals surface area contributed by atoms with E-state index in [1.54, 1.807) is 24.3 Å². The molecule has 0 spiro atoms. The standard InChI is InChI=1S/C18H19NO5/c1-22-17-12-13(6-8-16(17)23-11-10-19)7-9-18(21)24-15-5-3-2-4-14(15)20/h6-9,12,15H,2-5,11H2,1H3/b9-7+/t15-/m0/s1. The number of nitrogens with zero attached hydrogens (tertiary/aromatic N) is 1. The van der Waals surface area contributed by atoms with Crippen LogP contribution in [-0.2, 0) is 14.3 Å². The summed E-state index contributed by atoms with van der Waals surface area (Å²) in [5.41, 5.74) is 0.711. The molecular formula is C18H19NO5. The van der Waals surface area contributed by atoms with E-state index < -0.39 is 12.1 Å². The maximum atomic E-state index is 11.8. The van der Waals surface area contributed by atoms with E-state index in [-0.39, 0.29) is 12.4 Å². The molecule has 1 saturated carbocycles. The Bertz CT molecular complexity index is 674. The molecule has 0 aromatic heterocycles. The van der Waals surface area contributed by atoms with Crippen LogP contribution in [-0.4, -0.2) is 31.6 Å². The summed E-state index contributed by atoms with van der Waals surface area (Å²) < 4.78 is 15.6. The van der Waals surface area contributed by atoms with Gasteiger partial charge in [0.05, 0.1) is 7.11 Å². The molecule has 2 rings (SSSR count). The molecule has 6 nitrogen and oxygen atoms in total. The summed E-state index contributed by atoms with van der Waals surface area (Å²) in [5.74, 6) is 0.359. The minimum absolute atomic E-state index is 0.0105. The van der Waals surface area contributed by atoms with Crippen LogP contribution in [0, 0.1) is 11.3 Å². The maximum absolute atomic E-state index is 11.8. The molecule has 126 valence electrons. The Balaban J connectivity index is 1.99. The van der Waals surface area contributed by atoms with E-state index in [1.807, 2.05) is 6.07 Å². The third-order valence-corrected chi connectivity index (χ3v) is 3.65. The van der Waals surface area contributed by atoms with Gasteiger partial charge in [-0.1, -0.05) is 6.07 Å². The van der Waals surface area contributed by atoms with Gasteiger partial charge in [0.25, 0.3) is 0 Å². The van der Waals surface area contributed by atoms with Gasteiger partial charge in [-0.2, -0.15) is 5.26 Å². The zero-order valence-corrected chi connectivity index (χ0v) is 13.5. The van der Waals surface area contributed by atoms with Gasteiger partial charge in [-0.05, 0) is 43.0 Å². The molecule has 1 aliphatic rings. The first-order valence-electron chi connectivity index (χ1n) is 7.73. The highest BCUT2D eigenvalue weighted by Gasteiger charge is 2.24. The second-order valence-corrected chi connectivity index (χ2v) is 5.33. The van der Waals surface area contributed by atoms with Crippen molar-refractivity contribution in [3.05, 3.63) is 29.8 Å². The second kappa shape index (κ2) is 8.73. The molecule has 0 radical (unpaired) electrons. The van der Waals surface area contributed by atoms with Gasteiger partial charge < -0.3 is 14.2 Å². The third-order valence-electron chi connectivity index (χ3n) is 3.65. The third kappa shape index (κ3) is 4.85. The van der Waals surface area contributed by atoms with E-state index >= 15 is 0 Å². The molecule has 1 aromatic rings. The first kappa shape index (κ1) is 17.5. The van der Waals surface area contributed by atoms with Crippen LogP contribution in [0.1, 0.15) is 31.2 Å². The zero-order valence-electron chi connectivity index (χ0n) is 13.5. The maximum Gasteiger partial charge on any atom is 0.331 e. The summed E-state index contributed by atoms with van der Waals surface area (Å²) in [6, 6.07) is 6.95. The zero-order chi connectivity index (χ0) is 17.4. The monoisotopic (exact) mass is 329 g/mol. The number of rotatable bonds is 6. The van der Waals surface area contributed by atoms with E-state index in [1.165, 1.54) is 13.2 Å². The number of hydrogen-bond donors (Lipinski definition) is 0. The van der Waals surface area contributed by atoms with Crippen LogP contribution < -0.4 is 9.47 Å². The first-order chi connectivity index (χ1) is 11.6. The van der Waals surface area contributed by atoms with Gasteiger partial charge in [0.1, 0.15) is 6.07 Å². The lowest BCUT2D eigenvalue weighted by Gasteiger charge is -2.19. The van der Waals surface area contributed by atoms with Gasteiger partial charge in [-0.3, -0.25) is 4.79 Å². The minimum Gasteiger partial charge on any atom is -0.493 e. The van der Waals surface area contributed by atoms with Crippen molar-refractivity contribution in [2.45, 2.75) is 31.8 Å². The summed E-state index contributed by atoms with van der Waals surface area (Å²) in [5, 5.41) is 8.54. The average molecular weight is 329 g/mol. The number of methoxy groups -OCH3 is 1. The number of carbonyl (C=O) groups excluding carboxylic acids is 2. The van der Waals surface area contributed by atoms with Crippen LogP contribution in [0.3, 0.4) is 0 Å². The highest BCUT2D eigenvalue weighted by molar-refractivity contribution is 5.91. The highest BCUT2D eigenvalue weighted by Crippen LogP contribution is 2.28. The van der Waals surface area contributed by atoms with E-state index in [9.17, 15) is 9.59 Å². The largest absolute Gasteiger partial charge is 0.493 e. The van der Waals surface area contributed by atoms with Crippen LogP contribution in [0.25, 0.3) is 6.08 Å². The van der Waals surface area contributed by atoms with E-state index in [0.29, 0.717) is 29.9 Å². The molecule has 0 N–H and O–H groups in total. The lowest BCUT2D eigenvalue weighted by atomic mass is 9.96. The summed E-state index contributed by atoms with van der Waals surface area (Å²) in [6.07, 6.45) is 5.07. The van der Waals surface area contributed by atoms with Crippen molar-refractivity contribution in [3.8, 4) is 17.6 Å². The van der Waals surface area contributed by atoms with Gasteiger partial charge in [0, 0.05) is 12.5 Å². The first-order valence-corrected chi connectivity index (χ1v) is 7.73. The topological polar surface area (TPSA) is 85.6 Å². The van der Waals surface area contributed by atoms with Crippen LogP contribution in [0.2, 0.25) is 0 Å². The Hall–Kier alpha value is -2.81. The Kier molecular flexibility index (Phi) is 6.38. The van der Waals surface area contributed by atoms with Crippen molar-refractivity contribution in [3.63, 3.8) is 0 Å². The fraction of sp³-hybridized carbons (Fsp3) is 0.389. The molecule has 1 aliphatic carbocycles. The molecule has 1 atom stereocenters. The predicted octanol–water partition coefficient (Wildman–Crippen LogP) is 2.67. The van der Waals surface area contributed by atoms with E-state index in [0.717, 1.165) is 12.8 Å². The summed E-state index contributed by atoms with van der Waals surface area (Å²) in [7, 11) is 1.49. The number of ether oxygens (including phenoxy) is 3. The normalized spacial score (nSPS) is 17.3. The lowest BCUT2D eigenvalue weighted by molar-refractivity contribution is -0.152. The fourth-order valence-electron chi connectivity index (χ4n) is 2.44. The van der Waals surface area contributed by atoms with Gasteiger partial charge in [0.2, 0.25) is 0 Å². The molecule has 0 unspecified atom stereocenters. The van der Waals surface area contributed by atoms with Crippen molar-refractivity contribution < 1.29 is 23.8 Å². The van der Waals surface area contributed by atoms with Gasteiger partial charge in [0.15, 0.2) is 30.0 Å². The Labute approximate surface area is 140 Å². The second-order valence-electron chi connectivity index (χ2n) is 5.33. The number of ketones is 1. The number of benzene rings is 1. The molecular weight excluding hydrogens is 310 g/mol. The molecule has 0 bridgehead atoms. The van der Waals surface area contributed by atoms with Gasteiger partial charge in [-0.25, -0.2) is 4.79 Å². The lowest BCUT2D eigenvalue weighted by Crippen LogP contribution is -2.29. The smallest absolute Gasteiger partial charge is 0.331 e. The molecule has 0 heterocycles. The van der Waals surface area contributed by atoms with Crippen molar-refractivity contribution in [1.29, 1.82) is 5.26 Å². The summed E-state index contributed by atoms with van der Waals surface area (Å²) in [4.78, 5) is 23.5. The van der Waals surface area contributed by atoms with Gasteiger partial charge in [-0.15, -0.1) is 0 Å². The highest BCUT2D eigenvalue weighted by atomic mass is 16.5. The molecule has 0 amide bonds. The van der Waals surface area contributed by atoms with E-state index in [4.69, 9.17) is 19.5 Å². The molecule has 0 aliphatic heterocycles. The molecule has 6 heteroatoms. The number of Topliss-reactive ketones (excluding diaryl/α,β-unsaturated/α-hetero) is 1. The van der Waals surface area contributed by atoms with Crippen molar-refractivity contribution in [2.24, 2.45) is 0 Å². The number of esters is 1. The Morgan fingerprint density at radius 1 is 1.38 bits per heavy atom. The molecule has 24 heavy (non-hydrogen) atoms. The Morgan fingerprint density at radius 3 is 2.92 bits per heavy atom. The van der Waals surface area contributed by atoms with Crippen LogP contribution >= 0.6 is 0 Å². The predicted molar refractivity (Wildman–Crippen MR) is 86.5 cm³/mol. The quantitative estimate of drug-likeness (QED) is 0.589. The summed E-state index contributed by atoms with van der Waals surface area (Å²) >= 11 is 0. The molecule has 1 fully saturated rings. The summed E-state index contributed by atoms with van der Waals surface area (Å²) in [6.45, 7) is -0.0761. The fourth-order valence-corrected chi connectivity index (χ4v) is 2.44. The molecule has 1 aromatic carbocycles. The average Bonchev–Trinajstić information content (AvgIpc) is 2.60. The number of nitriles is 1.